The lowest BCUT2D eigenvalue weighted by atomic mass is 10.0. The fraction of sp³-hybridized carbons (Fsp3) is 0.292. The number of thioether (sulfide) groups is 1. The van der Waals surface area contributed by atoms with Crippen LogP contribution in [0.15, 0.2) is 53.9 Å². The standard InChI is InChI=1S/C24H26N6O3S/c1-16-7-5-10-19(21(16)23(33)30-11-3-4-12-30)27-22(32)17-8-6-9-18(13-17)26-20(31)14-34-24-28-25-15-29(24)2/h5-10,13,15H,3-4,11-12,14H2,1-2H3,(H,26,31)(H,27,32). The lowest BCUT2D eigenvalue weighted by Gasteiger charge is -2.20. The molecular weight excluding hydrogens is 452 g/mol. The molecule has 1 fully saturated rings. The van der Waals surface area contributed by atoms with E-state index in [1.807, 2.05) is 24.0 Å². The number of nitrogens with one attached hydrogen (secondary N) is 2. The topological polar surface area (TPSA) is 109 Å². The van der Waals surface area contributed by atoms with Gasteiger partial charge in [-0.2, -0.15) is 0 Å². The number of hydrogen-bond donors (Lipinski definition) is 2. The third-order valence-corrected chi connectivity index (χ3v) is 6.57. The van der Waals surface area contributed by atoms with Crippen LogP contribution in [0.3, 0.4) is 0 Å². The number of likely N-dealkylation sites (tertiary alicyclic amines) is 1. The normalized spacial score (nSPS) is 13.1. The van der Waals surface area contributed by atoms with E-state index in [9.17, 15) is 14.4 Å². The van der Waals surface area contributed by atoms with Crippen molar-refractivity contribution in [2.24, 2.45) is 7.05 Å². The molecule has 1 aliphatic rings. The molecule has 0 saturated carbocycles. The second-order valence-corrected chi connectivity index (χ2v) is 9.04. The Morgan fingerprint density at radius 3 is 2.56 bits per heavy atom. The molecule has 3 amide bonds. The molecule has 0 unspecified atom stereocenters. The van der Waals surface area contributed by atoms with E-state index in [1.54, 1.807) is 48.3 Å². The van der Waals surface area contributed by atoms with Crippen LogP contribution in [0, 0.1) is 6.92 Å². The van der Waals surface area contributed by atoms with Gasteiger partial charge in [0, 0.05) is 31.4 Å². The van der Waals surface area contributed by atoms with Crippen LogP contribution in [0.2, 0.25) is 0 Å². The van der Waals surface area contributed by atoms with Crippen LogP contribution in [0.5, 0.6) is 0 Å². The van der Waals surface area contributed by atoms with Gasteiger partial charge in [0.25, 0.3) is 11.8 Å². The summed E-state index contributed by atoms with van der Waals surface area (Å²) >= 11 is 1.27. The van der Waals surface area contributed by atoms with Gasteiger partial charge in [0.15, 0.2) is 5.16 Å². The lowest BCUT2D eigenvalue weighted by molar-refractivity contribution is -0.113. The van der Waals surface area contributed by atoms with Crippen molar-refractivity contribution in [1.82, 2.24) is 19.7 Å². The van der Waals surface area contributed by atoms with Gasteiger partial charge in [0.05, 0.1) is 17.0 Å². The van der Waals surface area contributed by atoms with Gasteiger partial charge in [-0.05, 0) is 49.6 Å². The molecule has 1 aliphatic heterocycles. The Labute approximate surface area is 201 Å². The lowest BCUT2D eigenvalue weighted by Crippen LogP contribution is -2.29. The summed E-state index contributed by atoms with van der Waals surface area (Å²) in [6.07, 6.45) is 3.56. The molecule has 0 radical (unpaired) electrons. The fourth-order valence-electron chi connectivity index (χ4n) is 3.80. The van der Waals surface area contributed by atoms with Crippen molar-refractivity contribution in [1.29, 1.82) is 0 Å². The van der Waals surface area contributed by atoms with Crippen LogP contribution in [0.25, 0.3) is 0 Å². The van der Waals surface area contributed by atoms with Crippen molar-refractivity contribution in [3.8, 4) is 0 Å². The van der Waals surface area contributed by atoms with E-state index in [0.29, 0.717) is 27.7 Å². The Kier molecular flexibility index (Phi) is 7.27. The van der Waals surface area contributed by atoms with Gasteiger partial charge in [-0.15, -0.1) is 10.2 Å². The molecule has 0 spiro atoms. The first kappa shape index (κ1) is 23.5. The van der Waals surface area contributed by atoms with Crippen molar-refractivity contribution in [3.05, 3.63) is 65.5 Å². The average molecular weight is 479 g/mol. The number of carbonyl (C=O) groups excluding carboxylic acids is 3. The highest BCUT2D eigenvalue weighted by Crippen LogP contribution is 2.25. The van der Waals surface area contributed by atoms with Crippen molar-refractivity contribution in [2.75, 3.05) is 29.5 Å². The van der Waals surface area contributed by atoms with E-state index < -0.39 is 0 Å². The number of aromatic nitrogens is 3. The summed E-state index contributed by atoms with van der Waals surface area (Å²) < 4.78 is 1.73. The monoisotopic (exact) mass is 478 g/mol. The summed E-state index contributed by atoms with van der Waals surface area (Å²) in [5.74, 6) is -0.477. The third-order valence-electron chi connectivity index (χ3n) is 5.54. The molecule has 176 valence electrons. The van der Waals surface area contributed by atoms with E-state index in [4.69, 9.17) is 0 Å². The Morgan fingerprint density at radius 2 is 1.82 bits per heavy atom. The largest absolute Gasteiger partial charge is 0.339 e. The fourth-order valence-corrected chi connectivity index (χ4v) is 4.49. The van der Waals surface area contributed by atoms with Crippen LogP contribution in [-0.4, -0.2) is 56.2 Å². The van der Waals surface area contributed by atoms with Crippen LogP contribution in [0.1, 0.15) is 39.1 Å². The van der Waals surface area contributed by atoms with Crippen molar-refractivity contribution < 1.29 is 14.4 Å². The Balaban J connectivity index is 1.44. The molecule has 2 N–H and O–H groups in total. The molecule has 4 rings (SSSR count). The van der Waals surface area contributed by atoms with Crippen LogP contribution in [0.4, 0.5) is 11.4 Å². The van der Waals surface area contributed by atoms with E-state index in [1.165, 1.54) is 11.8 Å². The SMILES string of the molecule is Cc1cccc(NC(=O)c2cccc(NC(=O)CSc3nncn3C)c2)c1C(=O)N1CCCC1. The smallest absolute Gasteiger partial charge is 0.256 e. The van der Waals surface area contributed by atoms with Gasteiger partial charge >= 0.3 is 0 Å². The maximum atomic E-state index is 13.1. The minimum atomic E-state index is -0.356. The number of amides is 3. The second kappa shape index (κ2) is 10.5. The Hall–Kier alpha value is -3.66. The minimum Gasteiger partial charge on any atom is -0.339 e. The number of nitrogens with zero attached hydrogens (tertiary/aromatic N) is 4. The van der Waals surface area contributed by atoms with Crippen LogP contribution >= 0.6 is 11.8 Å². The number of carbonyl (C=O) groups is 3. The molecule has 10 heteroatoms. The quantitative estimate of drug-likeness (QED) is 0.504. The molecule has 2 aromatic carbocycles. The highest BCUT2D eigenvalue weighted by Gasteiger charge is 2.24. The molecular formula is C24H26N6O3S. The maximum Gasteiger partial charge on any atom is 0.256 e. The zero-order valence-electron chi connectivity index (χ0n) is 19.1. The number of benzene rings is 2. The predicted octanol–water partition coefficient (Wildman–Crippen LogP) is 3.34. The van der Waals surface area contributed by atoms with Gasteiger partial charge in [-0.3, -0.25) is 14.4 Å². The molecule has 0 aliphatic carbocycles. The summed E-state index contributed by atoms with van der Waals surface area (Å²) in [6.45, 7) is 3.34. The van der Waals surface area contributed by atoms with Gasteiger partial charge in [-0.25, -0.2) is 0 Å². The Morgan fingerprint density at radius 1 is 1.06 bits per heavy atom. The maximum absolute atomic E-state index is 13.1. The number of rotatable bonds is 7. The van der Waals surface area contributed by atoms with Crippen LogP contribution in [-0.2, 0) is 11.8 Å². The van der Waals surface area contributed by atoms with Crippen molar-refractivity contribution in [3.63, 3.8) is 0 Å². The molecule has 1 saturated heterocycles. The highest BCUT2D eigenvalue weighted by atomic mass is 32.2. The first-order valence-corrected chi connectivity index (χ1v) is 12.0. The summed E-state index contributed by atoms with van der Waals surface area (Å²) in [5, 5.41) is 14.0. The molecule has 9 nitrogen and oxygen atoms in total. The molecule has 2 heterocycles. The summed E-state index contributed by atoms with van der Waals surface area (Å²) in [7, 11) is 1.81. The average Bonchev–Trinajstić information content (AvgIpc) is 3.50. The zero-order valence-corrected chi connectivity index (χ0v) is 19.9. The van der Waals surface area contributed by atoms with E-state index in [-0.39, 0.29) is 23.5 Å². The highest BCUT2D eigenvalue weighted by molar-refractivity contribution is 7.99. The Bertz CT molecular complexity index is 1220. The van der Waals surface area contributed by atoms with Gasteiger partial charge in [0.1, 0.15) is 6.33 Å². The number of hydrogen-bond acceptors (Lipinski definition) is 6. The zero-order chi connectivity index (χ0) is 24.1. The molecule has 3 aromatic rings. The molecule has 1 aromatic heterocycles. The first-order chi connectivity index (χ1) is 16.4. The third kappa shape index (κ3) is 5.45. The number of aryl methyl sites for hydroxylation is 2. The van der Waals surface area contributed by atoms with Gasteiger partial charge < -0.3 is 20.1 Å². The van der Waals surface area contributed by atoms with E-state index in [2.05, 4.69) is 20.8 Å². The molecule has 0 bridgehead atoms. The van der Waals surface area contributed by atoms with E-state index >= 15 is 0 Å². The minimum absolute atomic E-state index is 0.0627. The predicted molar refractivity (Wildman–Crippen MR) is 131 cm³/mol. The van der Waals surface area contributed by atoms with Crippen LogP contribution < -0.4 is 10.6 Å². The summed E-state index contributed by atoms with van der Waals surface area (Å²) in [6, 6.07) is 12.1. The number of anilines is 2. The second-order valence-electron chi connectivity index (χ2n) is 8.09. The summed E-state index contributed by atoms with van der Waals surface area (Å²) in [4.78, 5) is 40.2. The van der Waals surface area contributed by atoms with Gasteiger partial charge in [-0.1, -0.05) is 30.0 Å². The van der Waals surface area contributed by atoms with E-state index in [0.717, 1.165) is 31.5 Å². The molecule has 34 heavy (non-hydrogen) atoms. The van der Waals surface area contributed by atoms with Crippen molar-refractivity contribution in [2.45, 2.75) is 24.9 Å². The van der Waals surface area contributed by atoms with Gasteiger partial charge in [0.2, 0.25) is 5.91 Å². The first-order valence-electron chi connectivity index (χ1n) is 11.0. The summed E-state index contributed by atoms with van der Waals surface area (Å²) in [5.41, 5.74) is 2.70. The van der Waals surface area contributed by atoms with Crippen molar-refractivity contribution >= 4 is 40.9 Å². The molecule has 0 atom stereocenters.